The number of amides is 1. The molecule has 6 nitrogen and oxygen atoms in total. The molecule has 0 N–H and O–H groups in total. The van der Waals surface area contributed by atoms with E-state index in [9.17, 15) is 13.2 Å². The fourth-order valence-electron chi connectivity index (χ4n) is 1.88. The molecule has 0 radical (unpaired) electrons. The first-order chi connectivity index (χ1) is 8.37. The van der Waals surface area contributed by atoms with E-state index in [0.717, 1.165) is 0 Å². The van der Waals surface area contributed by atoms with Gasteiger partial charge in [0.25, 0.3) is 0 Å². The number of nitrogens with zero attached hydrogens (tertiary/aromatic N) is 3. The molecule has 2 rings (SSSR count). The smallest absolute Gasteiger partial charge is 0.232 e. The van der Waals surface area contributed by atoms with Crippen molar-refractivity contribution in [3.8, 4) is 0 Å². The summed E-state index contributed by atoms with van der Waals surface area (Å²) in [7, 11) is 1.60. The Kier molecular flexibility index (Phi) is 3.88. The zero-order valence-corrected chi connectivity index (χ0v) is 12.2. The summed E-state index contributed by atoms with van der Waals surface area (Å²) >= 11 is 3.25. The van der Waals surface area contributed by atoms with Crippen LogP contribution in [-0.4, -0.2) is 36.6 Å². The summed E-state index contributed by atoms with van der Waals surface area (Å²) in [5, 5.41) is 0. The molecule has 2 heterocycles. The Balaban J connectivity index is 2.18. The first kappa shape index (κ1) is 13.7. The lowest BCUT2D eigenvalue weighted by molar-refractivity contribution is -0.117. The average molecular weight is 355 g/mol. The van der Waals surface area contributed by atoms with E-state index in [1.807, 2.05) is 0 Å². The molecule has 0 saturated carbocycles. The number of hydrogen-bond acceptors (Lipinski definition) is 5. The molecule has 0 bridgehead atoms. The summed E-state index contributed by atoms with van der Waals surface area (Å²) in [4.78, 5) is 21.1. The van der Waals surface area contributed by atoms with Gasteiger partial charge in [0.05, 0.1) is 10.2 Å². The maximum Gasteiger partial charge on any atom is 0.232 e. The van der Waals surface area contributed by atoms with Gasteiger partial charge in [0.2, 0.25) is 15.0 Å². The lowest BCUT2D eigenvalue weighted by Gasteiger charge is -2.16. The highest BCUT2D eigenvalue weighted by Crippen LogP contribution is 2.29. The lowest BCUT2D eigenvalue weighted by atomic mass is 10.1. The van der Waals surface area contributed by atoms with Gasteiger partial charge in [-0.2, -0.15) is 0 Å². The fourth-order valence-corrected chi connectivity index (χ4v) is 3.64. The summed E-state index contributed by atoms with van der Waals surface area (Å²) in [6.07, 6.45) is 3.02. The molecule has 9 heteroatoms. The Morgan fingerprint density at radius 3 is 2.89 bits per heavy atom. The largest absolute Gasteiger partial charge is 0.295 e. The van der Waals surface area contributed by atoms with Gasteiger partial charge in [0.1, 0.15) is 6.33 Å². The van der Waals surface area contributed by atoms with Crippen molar-refractivity contribution in [1.29, 1.82) is 0 Å². The Bertz CT molecular complexity index is 580. The van der Waals surface area contributed by atoms with Crippen molar-refractivity contribution in [3.05, 3.63) is 17.0 Å². The highest BCUT2D eigenvalue weighted by molar-refractivity contribution is 9.10. The number of rotatable bonds is 3. The van der Waals surface area contributed by atoms with Crippen LogP contribution in [0.3, 0.4) is 0 Å². The summed E-state index contributed by atoms with van der Waals surface area (Å²) in [6, 6.07) is 0. The van der Waals surface area contributed by atoms with Crippen LogP contribution in [0.15, 0.2) is 17.0 Å². The maximum absolute atomic E-state index is 11.8. The zero-order chi connectivity index (χ0) is 13.3. The van der Waals surface area contributed by atoms with E-state index >= 15 is 0 Å². The highest BCUT2D eigenvalue weighted by atomic mass is 79.9. The molecule has 98 valence electrons. The molecule has 1 aromatic heterocycles. The Labute approximate surface area is 117 Å². The summed E-state index contributed by atoms with van der Waals surface area (Å²) in [5.41, 5.74) is 0. The SMILES string of the molecule is O=C1CC(CS(=O)(=O)Cl)CN1c1ncncc1Br. The van der Waals surface area contributed by atoms with Gasteiger partial charge in [-0.05, 0) is 15.9 Å². The zero-order valence-electron chi connectivity index (χ0n) is 9.08. The van der Waals surface area contributed by atoms with Crippen molar-refractivity contribution in [1.82, 2.24) is 9.97 Å². The molecule has 1 fully saturated rings. The standard InChI is InChI=1S/C9H9BrClN3O3S/c10-7-2-12-5-13-9(7)14-3-6(1-8(14)15)4-18(11,16)17/h2,5-6H,1,3-4H2. The number of carbonyl (C=O) groups is 1. The molecular formula is C9H9BrClN3O3S. The van der Waals surface area contributed by atoms with E-state index in [0.29, 0.717) is 16.8 Å². The molecule has 1 aliphatic rings. The van der Waals surface area contributed by atoms with E-state index in [4.69, 9.17) is 10.7 Å². The minimum absolute atomic E-state index is 0.155. The van der Waals surface area contributed by atoms with Crippen LogP contribution in [0.1, 0.15) is 6.42 Å². The fraction of sp³-hybridized carbons (Fsp3) is 0.444. The molecule has 0 aliphatic carbocycles. The van der Waals surface area contributed by atoms with Crippen LogP contribution < -0.4 is 4.90 Å². The topological polar surface area (TPSA) is 80.2 Å². The van der Waals surface area contributed by atoms with Gasteiger partial charge in [-0.25, -0.2) is 18.4 Å². The van der Waals surface area contributed by atoms with Crippen molar-refractivity contribution in [2.45, 2.75) is 6.42 Å². The predicted molar refractivity (Wildman–Crippen MR) is 69.8 cm³/mol. The van der Waals surface area contributed by atoms with Gasteiger partial charge in [0.15, 0.2) is 5.82 Å². The second kappa shape index (κ2) is 5.10. The lowest BCUT2D eigenvalue weighted by Crippen LogP contribution is -2.26. The molecule has 1 amide bonds. The number of halogens is 2. The molecular weight excluding hydrogens is 346 g/mol. The van der Waals surface area contributed by atoms with E-state index in [1.165, 1.54) is 17.4 Å². The second-order valence-corrected chi connectivity index (χ2v) is 7.65. The number of hydrogen-bond donors (Lipinski definition) is 0. The molecule has 0 spiro atoms. The quantitative estimate of drug-likeness (QED) is 0.761. The van der Waals surface area contributed by atoms with Gasteiger partial charge in [0, 0.05) is 35.8 Å². The minimum Gasteiger partial charge on any atom is -0.295 e. The van der Waals surface area contributed by atoms with E-state index < -0.39 is 9.05 Å². The molecule has 1 saturated heterocycles. The minimum atomic E-state index is -3.60. The first-order valence-electron chi connectivity index (χ1n) is 5.05. The van der Waals surface area contributed by atoms with Crippen LogP contribution in [0.2, 0.25) is 0 Å². The third kappa shape index (κ3) is 3.18. The van der Waals surface area contributed by atoms with Gasteiger partial charge < -0.3 is 0 Å². The molecule has 1 aliphatic heterocycles. The molecule has 0 aromatic carbocycles. The van der Waals surface area contributed by atoms with Crippen LogP contribution in [0.25, 0.3) is 0 Å². The Morgan fingerprint density at radius 2 is 2.28 bits per heavy atom. The predicted octanol–water partition coefficient (Wildman–Crippen LogP) is 1.16. The third-order valence-corrected chi connectivity index (χ3v) is 4.35. The van der Waals surface area contributed by atoms with E-state index in [1.54, 1.807) is 0 Å². The van der Waals surface area contributed by atoms with Gasteiger partial charge >= 0.3 is 0 Å². The number of anilines is 1. The average Bonchev–Trinajstić information content (AvgIpc) is 2.57. The van der Waals surface area contributed by atoms with Crippen molar-refractivity contribution in [3.63, 3.8) is 0 Å². The van der Waals surface area contributed by atoms with Crippen molar-refractivity contribution >= 4 is 47.4 Å². The van der Waals surface area contributed by atoms with Crippen molar-refractivity contribution in [2.24, 2.45) is 5.92 Å². The van der Waals surface area contributed by atoms with Crippen LogP contribution in [-0.2, 0) is 13.8 Å². The molecule has 1 atom stereocenters. The van der Waals surface area contributed by atoms with Crippen LogP contribution in [0.4, 0.5) is 5.82 Å². The second-order valence-electron chi connectivity index (χ2n) is 3.97. The highest BCUT2D eigenvalue weighted by Gasteiger charge is 2.34. The molecule has 18 heavy (non-hydrogen) atoms. The van der Waals surface area contributed by atoms with Crippen LogP contribution in [0, 0.1) is 5.92 Å². The summed E-state index contributed by atoms with van der Waals surface area (Å²) < 4.78 is 22.6. The van der Waals surface area contributed by atoms with Crippen molar-refractivity contribution < 1.29 is 13.2 Å². The van der Waals surface area contributed by atoms with E-state index in [-0.39, 0.29) is 24.0 Å². The Hall–Kier alpha value is -0.730. The third-order valence-electron chi connectivity index (χ3n) is 2.54. The number of carbonyl (C=O) groups excluding carboxylic acids is 1. The van der Waals surface area contributed by atoms with E-state index in [2.05, 4.69) is 25.9 Å². The first-order valence-corrected chi connectivity index (χ1v) is 8.32. The van der Waals surface area contributed by atoms with Crippen LogP contribution in [0.5, 0.6) is 0 Å². The van der Waals surface area contributed by atoms with Gasteiger partial charge in [-0.15, -0.1) is 0 Å². The maximum atomic E-state index is 11.8. The molecule has 1 aromatic rings. The molecule has 1 unspecified atom stereocenters. The Morgan fingerprint density at radius 1 is 1.56 bits per heavy atom. The normalized spacial score (nSPS) is 20.4. The summed E-state index contributed by atoms with van der Waals surface area (Å²) in [6.45, 7) is 0.292. The van der Waals surface area contributed by atoms with Crippen LogP contribution >= 0.6 is 26.6 Å². The van der Waals surface area contributed by atoms with Gasteiger partial charge in [-0.1, -0.05) is 0 Å². The summed E-state index contributed by atoms with van der Waals surface area (Å²) in [5.74, 6) is -0.231. The number of aromatic nitrogens is 2. The van der Waals surface area contributed by atoms with Crippen molar-refractivity contribution in [2.75, 3.05) is 17.2 Å². The monoisotopic (exact) mass is 353 g/mol. The van der Waals surface area contributed by atoms with Gasteiger partial charge in [-0.3, -0.25) is 9.69 Å².